The predicted molar refractivity (Wildman–Crippen MR) is 171 cm³/mol. The normalized spacial score (nSPS) is 18.2. The molecule has 0 spiro atoms. The second-order valence-corrected chi connectivity index (χ2v) is 12.4. The van der Waals surface area contributed by atoms with Crippen molar-refractivity contribution in [2.24, 2.45) is 0 Å². The maximum atomic E-state index is 11.7. The Labute approximate surface area is 259 Å². The second kappa shape index (κ2) is 12.2. The molecule has 10 heteroatoms. The summed E-state index contributed by atoms with van der Waals surface area (Å²) in [4.78, 5) is 25.0. The lowest BCUT2D eigenvalue weighted by Crippen LogP contribution is -2.36. The van der Waals surface area contributed by atoms with E-state index in [0.29, 0.717) is 42.5 Å². The molecule has 3 atom stereocenters. The van der Waals surface area contributed by atoms with Crippen LogP contribution in [0, 0.1) is 0 Å². The van der Waals surface area contributed by atoms with E-state index in [2.05, 4.69) is 64.2 Å². The quantitative estimate of drug-likeness (QED) is 0.193. The molecule has 4 aromatic rings. The number of carbonyl (C=O) groups is 1. The first-order chi connectivity index (χ1) is 20.7. The summed E-state index contributed by atoms with van der Waals surface area (Å²) in [5.74, 6) is 1.78. The molecule has 1 N–H and O–H groups in total. The molecule has 9 nitrogen and oxygen atoms in total. The van der Waals surface area contributed by atoms with E-state index in [0.717, 1.165) is 39.0 Å². The van der Waals surface area contributed by atoms with Crippen molar-refractivity contribution >= 4 is 49.5 Å². The van der Waals surface area contributed by atoms with E-state index in [4.69, 9.17) is 24.2 Å². The van der Waals surface area contributed by atoms with Crippen molar-refractivity contribution in [2.45, 2.75) is 57.3 Å². The zero-order chi connectivity index (χ0) is 30.2. The fraction of sp³-hybridized carbons (Fsp3) is 0.424. The highest BCUT2D eigenvalue weighted by atomic mass is 79.9. The molecule has 6 rings (SSSR count). The molecule has 2 fully saturated rings. The van der Waals surface area contributed by atoms with Crippen molar-refractivity contribution < 1.29 is 24.1 Å². The zero-order valence-corrected chi connectivity index (χ0v) is 26.5. The maximum absolute atomic E-state index is 11.7. The van der Waals surface area contributed by atoms with Crippen molar-refractivity contribution in [3.63, 3.8) is 0 Å². The standard InChI is InChI=1S/C33H37BrN4O5/c1-19(41-4)18-42-32-35-29-27(31(36-32)37(3)23-14-15-38(17-23)33(39)40)16-26(22-12-13-22)28(34)30(29)43-20(2)24-11-7-9-21-8-5-6-10-25(21)24/h5-11,16,19-20,22-23H,12-15,17-18H2,1-4H3,(H,39,40)/t19-,20-,23-/m0/s1. The molecule has 1 aliphatic heterocycles. The predicted octanol–water partition coefficient (Wildman–Crippen LogP) is 7.17. The van der Waals surface area contributed by atoms with Gasteiger partial charge in [-0.3, -0.25) is 0 Å². The lowest BCUT2D eigenvalue weighted by atomic mass is 10.0. The number of fused-ring (bicyclic) bond motifs is 2. The fourth-order valence-corrected chi connectivity index (χ4v) is 6.56. The van der Waals surface area contributed by atoms with Gasteiger partial charge in [0, 0.05) is 38.7 Å². The number of hydrogen-bond acceptors (Lipinski definition) is 7. The first kappa shape index (κ1) is 29.4. The highest BCUT2D eigenvalue weighted by Crippen LogP contribution is 2.50. The summed E-state index contributed by atoms with van der Waals surface area (Å²) in [7, 11) is 3.61. The van der Waals surface area contributed by atoms with E-state index in [1.54, 1.807) is 7.11 Å². The Morgan fingerprint density at radius 1 is 1.12 bits per heavy atom. The van der Waals surface area contributed by atoms with E-state index in [9.17, 15) is 9.90 Å². The molecule has 1 aromatic heterocycles. The Bertz CT molecular complexity index is 1660. The van der Waals surface area contributed by atoms with Crippen LogP contribution in [0.4, 0.5) is 10.6 Å². The van der Waals surface area contributed by atoms with Gasteiger partial charge in [-0.05, 0) is 82.9 Å². The van der Waals surface area contributed by atoms with Gasteiger partial charge >= 0.3 is 12.1 Å². The van der Waals surface area contributed by atoms with Crippen LogP contribution in [0.15, 0.2) is 53.0 Å². The Balaban J connectivity index is 1.48. The molecule has 2 aliphatic rings. The second-order valence-electron chi connectivity index (χ2n) is 11.6. The monoisotopic (exact) mass is 648 g/mol. The lowest BCUT2D eigenvalue weighted by Gasteiger charge is -2.28. The van der Waals surface area contributed by atoms with Gasteiger partial charge in [0.15, 0.2) is 5.75 Å². The van der Waals surface area contributed by atoms with Crippen molar-refractivity contribution in [3.05, 3.63) is 64.1 Å². The van der Waals surface area contributed by atoms with Gasteiger partial charge in [0.1, 0.15) is 24.0 Å². The molecular weight excluding hydrogens is 612 g/mol. The number of carboxylic acid groups (broad SMARTS) is 1. The maximum Gasteiger partial charge on any atom is 0.407 e. The number of benzene rings is 3. The van der Waals surface area contributed by atoms with Crippen molar-refractivity contribution in [1.29, 1.82) is 0 Å². The third-order valence-electron chi connectivity index (χ3n) is 8.61. The van der Waals surface area contributed by atoms with E-state index < -0.39 is 6.09 Å². The van der Waals surface area contributed by atoms with Gasteiger partial charge in [0.25, 0.3) is 0 Å². The summed E-state index contributed by atoms with van der Waals surface area (Å²) in [6.45, 7) is 5.16. The average Bonchev–Trinajstić information content (AvgIpc) is 3.74. The molecule has 226 valence electrons. The van der Waals surface area contributed by atoms with Gasteiger partial charge in [-0.15, -0.1) is 0 Å². The minimum Gasteiger partial charge on any atom is -0.483 e. The van der Waals surface area contributed by atoms with Gasteiger partial charge in [-0.2, -0.15) is 9.97 Å². The number of likely N-dealkylation sites (tertiary alicyclic amines) is 1. The van der Waals surface area contributed by atoms with Crippen LogP contribution >= 0.6 is 15.9 Å². The SMILES string of the molecule is CO[C@@H](C)COc1nc(N(C)[C@H]2CCN(C(=O)O)C2)c2cc(C3CC3)c(Br)c(O[C@@H](C)c3cccc4ccccc34)c2n1. The molecule has 2 heterocycles. The molecule has 43 heavy (non-hydrogen) atoms. The van der Waals surface area contributed by atoms with Crippen LogP contribution in [-0.2, 0) is 4.74 Å². The van der Waals surface area contributed by atoms with Crippen LogP contribution in [0.5, 0.6) is 11.8 Å². The third-order valence-corrected chi connectivity index (χ3v) is 9.43. The number of rotatable bonds is 10. The van der Waals surface area contributed by atoms with Crippen LogP contribution in [-0.4, -0.2) is 72.1 Å². The van der Waals surface area contributed by atoms with Crippen LogP contribution in [0.25, 0.3) is 21.7 Å². The summed E-state index contributed by atoms with van der Waals surface area (Å²) in [5, 5.41) is 12.7. The minimum absolute atomic E-state index is 0.0352. The Kier molecular flexibility index (Phi) is 8.33. The van der Waals surface area contributed by atoms with Crippen LogP contribution < -0.4 is 14.4 Å². The van der Waals surface area contributed by atoms with Gasteiger partial charge < -0.3 is 29.1 Å². The fourth-order valence-electron chi connectivity index (χ4n) is 5.84. The molecule has 3 aromatic carbocycles. The lowest BCUT2D eigenvalue weighted by molar-refractivity contribution is 0.0682. The number of amides is 1. The number of aromatic nitrogens is 2. The summed E-state index contributed by atoms with van der Waals surface area (Å²) in [6, 6.07) is 17.0. The molecular formula is C33H37BrN4O5. The summed E-state index contributed by atoms with van der Waals surface area (Å²) in [5.41, 5.74) is 2.91. The summed E-state index contributed by atoms with van der Waals surface area (Å²) < 4.78 is 19.2. The molecule has 0 radical (unpaired) electrons. The molecule has 1 amide bonds. The zero-order valence-electron chi connectivity index (χ0n) is 24.9. The first-order valence-electron chi connectivity index (χ1n) is 14.8. The first-order valence-corrected chi connectivity index (χ1v) is 15.6. The Morgan fingerprint density at radius 3 is 2.60 bits per heavy atom. The van der Waals surface area contributed by atoms with Gasteiger partial charge in [-0.1, -0.05) is 42.5 Å². The number of likely N-dealkylation sites (N-methyl/N-ethyl adjacent to an activating group) is 1. The number of nitrogens with zero attached hydrogens (tertiary/aromatic N) is 4. The van der Waals surface area contributed by atoms with Crippen LogP contribution in [0.3, 0.4) is 0 Å². The van der Waals surface area contributed by atoms with Gasteiger partial charge in [0.2, 0.25) is 0 Å². The molecule has 1 aliphatic carbocycles. The van der Waals surface area contributed by atoms with Crippen molar-refractivity contribution in [3.8, 4) is 11.8 Å². The average molecular weight is 650 g/mol. The molecule has 0 unspecified atom stereocenters. The smallest absolute Gasteiger partial charge is 0.407 e. The van der Waals surface area contributed by atoms with E-state index in [-0.39, 0.29) is 30.9 Å². The Hall–Kier alpha value is -3.63. The van der Waals surface area contributed by atoms with Crippen LogP contribution in [0.2, 0.25) is 0 Å². The highest BCUT2D eigenvalue weighted by Gasteiger charge is 2.34. The van der Waals surface area contributed by atoms with Crippen LogP contribution in [0.1, 0.15) is 56.3 Å². The number of hydrogen-bond donors (Lipinski definition) is 1. The topological polar surface area (TPSA) is 97.3 Å². The molecule has 0 bridgehead atoms. The number of ether oxygens (including phenoxy) is 3. The van der Waals surface area contributed by atoms with Gasteiger partial charge in [-0.25, -0.2) is 4.79 Å². The summed E-state index contributed by atoms with van der Waals surface area (Å²) in [6.07, 6.45) is 1.61. The third kappa shape index (κ3) is 5.95. The molecule has 1 saturated carbocycles. The van der Waals surface area contributed by atoms with Crippen molar-refractivity contribution in [2.75, 3.05) is 38.8 Å². The van der Waals surface area contributed by atoms with E-state index >= 15 is 0 Å². The van der Waals surface area contributed by atoms with E-state index in [1.807, 2.05) is 26.1 Å². The number of methoxy groups -OCH3 is 1. The summed E-state index contributed by atoms with van der Waals surface area (Å²) >= 11 is 3.91. The number of halogens is 1. The number of anilines is 1. The molecule has 1 saturated heterocycles. The minimum atomic E-state index is -0.904. The van der Waals surface area contributed by atoms with Gasteiger partial charge in [0.05, 0.1) is 10.6 Å². The Morgan fingerprint density at radius 2 is 1.88 bits per heavy atom. The van der Waals surface area contributed by atoms with E-state index in [1.165, 1.54) is 10.5 Å². The van der Waals surface area contributed by atoms with Crippen molar-refractivity contribution in [1.82, 2.24) is 14.9 Å². The highest BCUT2D eigenvalue weighted by molar-refractivity contribution is 9.10. The largest absolute Gasteiger partial charge is 0.483 e.